The maximum Gasteiger partial charge on any atom is 0.223 e. The molecule has 3 rings (SSSR count). The third-order valence-corrected chi connectivity index (χ3v) is 5.13. The van der Waals surface area contributed by atoms with Gasteiger partial charge in [0.05, 0.1) is 17.1 Å². The minimum absolute atomic E-state index is 0.0771. The number of carbonyl (C=O) groups is 1. The first-order valence-corrected chi connectivity index (χ1v) is 9.05. The van der Waals surface area contributed by atoms with Crippen LogP contribution in [0.1, 0.15) is 35.3 Å². The number of aryl methyl sites for hydroxylation is 2. The Kier molecular flexibility index (Phi) is 5.20. The molecule has 0 saturated carbocycles. The van der Waals surface area contributed by atoms with Crippen LogP contribution < -0.4 is 5.32 Å². The summed E-state index contributed by atoms with van der Waals surface area (Å²) in [5.74, 6) is 0.551. The minimum Gasteiger partial charge on any atom is -0.302 e. The number of nitrogens with zero attached hydrogens (tertiary/aromatic N) is 4. The number of carbonyl (C=O) groups excluding carboxylic acids is 1. The Morgan fingerprint density at radius 3 is 2.96 bits per heavy atom. The average Bonchev–Trinajstić information content (AvgIpc) is 3.12. The zero-order chi connectivity index (χ0) is 17.1. The minimum atomic E-state index is -0.0771. The second-order valence-electron chi connectivity index (χ2n) is 6.45. The largest absolute Gasteiger partial charge is 0.302 e. The van der Waals surface area contributed by atoms with E-state index in [1.54, 1.807) is 11.3 Å². The molecule has 1 aliphatic rings. The van der Waals surface area contributed by atoms with Crippen molar-refractivity contribution in [2.45, 2.75) is 40.2 Å². The molecule has 0 spiro atoms. The molecule has 128 valence electrons. The van der Waals surface area contributed by atoms with Crippen molar-refractivity contribution in [3.63, 3.8) is 0 Å². The van der Waals surface area contributed by atoms with Crippen molar-refractivity contribution in [3.05, 3.63) is 34.4 Å². The molecule has 1 amide bonds. The Bertz CT molecular complexity index is 730. The fraction of sp³-hybridized carbons (Fsp3) is 0.529. The number of thiazole rings is 1. The van der Waals surface area contributed by atoms with E-state index in [2.05, 4.69) is 25.2 Å². The number of likely N-dealkylation sites (tertiary alicyclic amines) is 1. The molecule has 0 bridgehead atoms. The molecule has 0 radical (unpaired) electrons. The molecule has 0 aliphatic carbocycles. The topological polar surface area (TPSA) is 71.0 Å². The molecule has 2 aromatic rings. The first-order chi connectivity index (χ1) is 11.5. The van der Waals surface area contributed by atoms with Gasteiger partial charge in [-0.15, -0.1) is 11.3 Å². The summed E-state index contributed by atoms with van der Waals surface area (Å²) < 4.78 is 0. The quantitative estimate of drug-likeness (QED) is 0.902. The van der Waals surface area contributed by atoms with Gasteiger partial charge in [-0.1, -0.05) is 0 Å². The Morgan fingerprint density at radius 2 is 2.21 bits per heavy atom. The third kappa shape index (κ3) is 4.36. The van der Waals surface area contributed by atoms with Gasteiger partial charge in [-0.3, -0.25) is 19.7 Å². The molecule has 1 saturated heterocycles. The zero-order valence-corrected chi connectivity index (χ0v) is 15.2. The van der Waals surface area contributed by atoms with Crippen LogP contribution in [-0.2, 0) is 17.8 Å². The van der Waals surface area contributed by atoms with Gasteiger partial charge in [0, 0.05) is 37.3 Å². The number of aromatic nitrogens is 3. The fourth-order valence-electron chi connectivity index (χ4n) is 3.13. The fourth-order valence-corrected chi connectivity index (χ4v) is 4.03. The van der Waals surface area contributed by atoms with Crippen molar-refractivity contribution in [1.82, 2.24) is 19.9 Å². The van der Waals surface area contributed by atoms with Gasteiger partial charge in [0.1, 0.15) is 0 Å². The van der Waals surface area contributed by atoms with Crippen molar-refractivity contribution in [2.75, 3.05) is 18.4 Å². The lowest BCUT2D eigenvalue weighted by Gasteiger charge is -2.15. The van der Waals surface area contributed by atoms with Gasteiger partial charge < -0.3 is 5.32 Å². The first-order valence-electron chi connectivity index (χ1n) is 8.23. The van der Waals surface area contributed by atoms with E-state index >= 15 is 0 Å². The van der Waals surface area contributed by atoms with Gasteiger partial charge in [-0.05, 0) is 39.2 Å². The van der Waals surface area contributed by atoms with Crippen LogP contribution in [0, 0.1) is 19.8 Å². The molecule has 1 aliphatic heterocycles. The van der Waals surface area contributed by atoms with E-state index in [-0.39, 0.29) is 5.91 Å². The Morgan fingerprint density at radius 1 is 1.38 bits per heavy atom. The third-order valence-electron chi connectivity index (χ3n) is 4.24. The SMILES string of the molecule is CC(=O)Nc1ncc(CN2CCC(Cc3ncc(C)nc3C)C2)s1. The number of rotatable bonds is 5. The average molecular weight is 345 g/mol. The Labute approximate surface area is 146 Å². The van der Waals surface area contributed by atoms with Crippen molar-refractivity contribution in [3.8, 4) is 0 Å². The molecular formula is C17H23N5OS. The van der Waals surface area contributed by atoms with E-state index < -0.39 is 0 Å². The van der Waals surface area contributed by atoms with Gasteiger partial charge in [-0.25, -0.2) is 4.98 Å². The van der Waals surface area contributed by atoms with Crippen LogP contribution in [0.5, 0.6) is 0 Å². The van der Waals surface area contributed by atoms with Crippen LogP contribution in [0.2, 0.25) is 0 Å². The van der Waals surface area contributed by atoms with Crippen molar-refractivity contribution < 1.29 is 4.79 Å². The summed E-state index contributed by atoms with van der Waals surface area (Å²) in [6, 6.07) is 0. The molecule has 3 heterocycles. The summed E-state index contributed by atoms with van der Waals surface area (Å²) in [6.07, 6.45) is 5.90. The van der Waals surface area contributed by atoms with Crippen LogP contribution in [0.25, 0.3) is 0 Å². The lowest BCUT2D eigenvalue weighted by Crippen LogP contribution is -2.20. The van der Waals surface area contributed by atoms with Gasteiger partial charge in [-0.2, -0.15) is 0 Å². The monoisotopic (exact) mass is 345 g/mol. The van der Waals surface area contributed by atoms with Crippen molar-refractivity contribution >= 4 is 22.4 Å². The number of anilines is 1. The lowest BCUT2D eigenvalue weighted by molar-refractivity contribution is -0.114. The molecule has 1 unspecified atom stereocenters. The predicted octanol–water partition coefficient (Wildman–Crippen LogP) is 2.57. The maximum atomic E-state index is 11.1. The highest BCUT2D eigenvalue weighted by molar-refractivity contribution is 7.15. The molecule has 1 atom stereocenters. The second-order valence-corrected chi connectivity index (χ2v) is 7.57. The van der Waals surface area contributed by atoms with Crippen molar-refractivity contribution in [1.29, 1.82) is 0 Å². The summed E-state index contributed by atoms with van der Waals surface area (Å²) in [5, 5.41) is 3.42. The summed E-state index contributed by atoms with van der Waals surface area (Å²) in [5.41, 5.74) is 3.15. The summed E-state index contributed by atoms with van der Waals surface area (Å²) >= 11 is 1.55. The molecule has 24 heavy (non-hydrogen) atoms. The normalized spacial score (nSPS) is 18.0. The zero-order valence-electron chi connectivity index (χ0n) is 14.4. The molecule has 6 nitrogen and oxygen atoms in total. The van der Waals surface area contributed by atoms with Crippen LogP contribution in [0.4, 0.5) is 5.13 Å². The van der Waals surface area contributed by atoms with Gasteiger partial charge in [0.15, 0.2) is 5.13 Å². The number of amides is 1. The second kappa shape index (κ2) is 7.36. The summed E-state index contributed by atoms with van der Waals surface area (Å²) in [7, 11) is 0. The van der Waals surface area contributed by atoms with E-state index in [0.717, 1.165) is 43.1 Å². The van der Waals surface area contributed by atoms with E-state index in [1.807, 2.05) is 26.2 Å². The van der Waals surface area contributed by atoms with E-state index in [4.69, 9.17) is 0 Å². The van der Waals surface area contributed by atoms with Gasteiger partial charge >= 0.3 is 0 Å². The highest BCUT2D eigenvalue weighted by Gasteiger charge is 2.24. The van der Waals surface area contributed by atoms with Crippen LogP contribution in [-0.4, -0.2) is 38.8 Å². The number of hydrogen-bond donors (Lipinski definition) is 1. The summed E-state index contributed by atoms with van der Waals surface area (Å²) in [6.45, 7) is 8.58. The Hall–Kier alpha value is -1.86. The maximum absolute atomic E-state index is 11.1. The predicted molar refractivity (Wildman–Crippen MR) is 95.0 cm³/mol. The highest BCUT2D eigenvalue weighted by atomic mass is 32.1. The highest BCUT2D eigenvalue weighted by Crippen LogP contribution is 2.25. The molecule has 0 aromatic carbocycles. The molecule has 1 N–H and O–H groups in total. The molecule has 7 heteroatoms. The molecule has 2 aromatic heterocycles. The molecule has 1 fully saturated rings. The summed E-state index contributed by atoms with van der Waals surface area (Å²) in [4.78, 5) is 28.0. The Balaban J connectivity index is 1.53. The standard InChI is InChI=1S/C17H23N5OS/c1-11-7-18-16(12(2)20-11)6-14-4-5-22(9-14)10-15-8-19-17(24-15)21-13(3)23/h7-8,14H,4-6,9-10H2,1-3H3,(H,19,21,23). The van der Waals surface area contributed by atoms with E-state index in [9.17, 15) is 4.79 Å². The van der Waals surface area contributed by atoms with E-state index in [0.29, 0.717) is 11.0 Å². The number of hydrogen-bond acceptors (Lipinski definition) is 6. The first kappa shape index (κ1) is 17.0. The van der Waals surface area contributed by atoms with Crippen LogP contribution in [0.3, 0.4) is 0 Å². The lowest BCUT2D eigenvalue weighted by atomic mass is 10.0. The smallest absolute Gasteiger partial charge is 0.223 e. The molecular weight excluding hydrogens is 322 g/mol. The van der Waals surface area contributed by atoms with Gasteiger partial charge in [0.25, 0.3) is 0 Å². The van der Waals surface area contributed by atoms with Crippen LogP contribution >= 0.6 is 11.3 Å². The van der Waals surface area contributed by atoms with Gasteiger partial charge in [0.2, 0.25) is 5.91 Å². The van der Waals surface area contributed by atoms with Crippen LogP contribution in [0.15, 0.2) is 12.4 Å². The van der Waals surface area contributed by atoms with E-state index in [1.165, 1.54) is 18.2 Å². The number of nitrogens with one attached hydrogen (secondary N) is 1. The van der Waals surface area contributed by atoms with Crippen molar-refractivity contribution in [2.24, 2.45) is 5.92 Å².